The number of rotatable bonds is 2. The summed E-state index contributed by atoms with van der Waals surface area (Å²) in [5, 5.41) is 17.5. The van der Waals surface area contributed by atoms with Gasteiger partial charge in [-0.2, -0.15) is 0 Å². The largest absolute Gasteiger partial charge is 0.481 e. The van der Waals surface area contributed by atoms with Crippen molar-refractivity contribution in [3.63, 3.8) is 0 Å². The van der Waals surface area contributed by atoms with E-state index in [9.17, 15) is 9.59 Å². The van der Waals surface area contributed by atoms with Gasteiger partial charge in [0.05, 0.1) is 11.8 Å². The van der Waals surface area contributed by atoms with Crippen molar-refractivity contribution >= 4 is 11.9 Å². The Balaban J connectivity index is 2.83. The Morgan fingerprint density at radius 3 is 2.31 bits per heavy atom. The molecule has 0 bridgehead atoms. The first-order valence-electron chi connectivity index (χ1n) is 4.13. The molecule has 0 radical (unpaired) electrons. The van der Waals surface area contributed by atoms with E-state index in [4.69, 9.17) is 10.2 Å². The zero-order chi connectivity index (χ0) is 10.0. The van der Waals surface area contributed by atoms with E-state index in [1.165, 1.54) is 0 Å². The maximum atomic E-state index is 10.7. The van der Waals surface area contributed by atoms with Crippen molar-refractivity contribution in [3.8, 4) is 0 Å². The first-order valence-corrected chi connectivity index (χ1v) is 4.13. The molecule has 72 valence electrons. The van der Waals surface area contributed by atoms with E-state index in [0.29, 0.717) is 12.8 Å². The van der Waals surface area contributed by atoms with Crippen LogP contribution < -0.4 is 0 Å². The lowest BCUT2D eigenvalue weighted by atomic mass is 9.80. The predicted octanol–water partition coefficient (Wildman–Crippen LogP) is 1.13. The molecule has 0 unspecified atom stereocenters. The Hall–Kier alpha value is -1.32. The Kier molecular flexibility index (Phi) is 2.70. The molecule has 2 atom stereocenters. The minimum Gasteiger partial charge on any atom is -0.481 e. The summed E-state index contributed by atoms with van der Waals surface area (Å²) < 4.78 is 0. The zero-order valence-electron chi connectivity index (χ0n) is 7.36. The number of hydrogen-bond donors (Lipinski definition) is 2. The highest BCUT2D eigenvalue weighted by atomic mass is 16.4. The van der Waals surface area contributed by atoms with Gasteiger partial charge in [0.25, 0.3) is 0 Å². The summed E-state index contributed by atoms with van der Waals surface area (Å²) in [4.78, 5) is 21.4. The molecule has 4 nitrogen and oxygen atoms in total. The highest BCUT2D eigenvalue weighted by Gasteiger charge is 2.35. The van der Waals surface area contributed by atoms with E-state index in [1.54, 1.807) is 6.08 Å². The van der Waals surface area contributed by atoms with Gasteiger partial charge in [0.2, 0.25) is 0 Å². The summed E-state index contributed by atoms with van der Waals surface area (Å²) in [6.07, 6.45) is 2.49. The fourth-order valence-corrected chi connectivity index (χ4v) is 1.60. The zero-order valence-corrected chi connectivity index (χ0v) is 7.36. The molecule has 0 spiro atoms. The topological polar surface area (TPSA) is 74.6 Å². The minimum absolute atomic E-state index is 0.331. The van der Waals surface area contributed by atoms with Crippen LogP contribution in [0.15, 0.2) is 11.6 Å². The molecule has 0 amide bonds. The number of aliphatic carboxylic acids is 2. The van der Waals surface area contributed by atoms with Gasteiger partial charge < -0.3 is 10.2 Å². The van der Waals surface area contributed by atoms with Gasteiger partial charge in [-0.25, -0.2) is 0 Å². The van der Waals surface area contributed by atoms with Crippen LogP contribution in [0.25, 0.3) is 0 Å². The molecule has 0 fully saturated rings. The predicted molar refractivity (Wildman–Crippen MR) is 45.2 cm³/mol. The molecule has 1 aliphatic carbocycles. The van der Waals surface area contributed by atoms with E-state index in [-0.39, 0.29) is 0 Å². The highest BCUT2D eigenvalue weighted by Crippen LogP contribution is 2.29. The Morgan fingerprint density at radius 1 is 1.31 bits per heavy atom. The van der Waals surface area contributed by atoms with Gasteiger partial charge in [0, 0.05) is 0 Å². The lowest BCUT2D eigenvalue weighted by Crippen LogP contribution is -2.31. The normalized spacial score (nSPS) is 27.9. The second kappa shape index (κ2) is 3.60. The Bertz CT molecular complexity index is 267. The minimum atomic E-state index is -1.02. The molecule has 0 aromatic rings. The molecule has 2 N–H and O–H groups in total. The van der Waals surface area contributed by atoms with Crippen molar-refractivity contribution in [2.24, 2.45) is 11.8 Å². The van der Waals surface area contributed by atoms with Gasteiger partial charge in [0.1, 0.15) is 0 Å². The van der Waals surface area contributed by atoms with Gasteiger partial charge in [-0.3, -0.25) is 9.59 Å². The summed E-state index contributed by atoms with van der Waals surface area (Å²) >= 11 is 0. The lowest BCUT2D eigenvalue weighted by molar-refractivity contribution is -0.153. The third-order valence-corrected chi connectivity index (χ3v) is 2.38. The smallest absolute Gasteiger partial charge is 0.307 e. The highest BCUT2D eigenvalue weighted by molar-refractivity contribution is 5.80. The van der Waals surface area contributed by atoms with Gasteiger partial charge in [-0.05, 0) is 19.8 Å². The number of carboxylic acids is 2. The van der Waals surface area contributed by atoms with Crippen molar-refractivity contribution in [3.05, 3.63) is 11.6 Å². The van der Waals surface area contributed by atoms with E-state index in [0.717, 1.165) is 5.57 Å². The average Bonchev–Trinajstić information content (AvgIpc) is 2.03. The average molecular weight is 184 g/mol. The fraction of sp³-hybridized carbons (Fsp3) is 0.556. The van der Waals surface area contributed by atoms with E-state index < -0.39 is 23.8 Å². The van der Waals surface area contributed by atoms with Crippen molar-refractivity contribution in [2.45, 2.75) is 19.8 Å². The molecule has 0 aromatic carbocycles. The molecule has 0 saturated carbocycles. The van der Waals surface area contributed by atoms with Gasteiger partial charge in [-0.1, -0.05) is 11.6 Å². The summed E-state index contributed by atoms with van der Waals surface area (Å²) in [7, 11) is 0. The summed E-state index contributed by atoms with van der Waals surface area (Å²) in [6, 6.07) is 0. The van der Waals surface area contributed by atoms with Crippen LogP contribution in [0.2, 0.25) is 0 Å². The summed E-state index contributed by atoms with van der Waals surface area (Å²) in [6.45, 7) is 1.83. The molecule has 1 aliphatic rings. The Morgan fingerprint density at radius 2 is 1.85 bits per heavy atom. The standard InChI is InChI=1S/C9H12O4/c1-5-2-3-6(8(10)11)7(4-5)9(12)13/h2,6-7H,3-4H2,1H3,(H,10,11)(H,12,13)/t6-,7+/m0/s1. The monoisotopic (exact) mass is 184 g/mol. The second-order valence-corrected chi connectivity index (χ2v) is 3.38. The van der Waals surface area contributed by atoms with Crippen LogP contribution in [0.1, 0.15) is 19.8 Å². The SMILES string of the molecule is CC1=CC[C@H](C(=O)O)[C@H](C(=O)O)C1. The van der Waals surface area contributed by atoms with Crippen molar-refractivity contribution < 1.29 is 19.8 Å². The first-order chi connectivity index (χ1) is 6.02. The molecule has 4 heteroatoms. The first kappa shape index (κ1) is 9.77. The van der Waals surface area contributed by atoms with Crippen LogP contribution in [-0.2, 0) is 9.59 Å². The second-order valence-electron chi connectivity index (χ2n) is 3.38. The van der Waals surface area contributed by atoms with Crippen LogP contribution in [0.5, 0.6) is 0 Å². The van der Waals surface area contributed by atoms with Crippen LogP contribution >= 0.6 is 0 Å². The molecule has 0 heterocycles. The van der Waals surface area contributed by atoms with Gasteiger partial charge in [-0.15, -0.1) is 0 Å². The maximum Gasteiger partial charge on any atom is 0.307 e. The number of carboxylic acid groups (broad SMARTS) is 2. The molecular formula is C9H12O4. The molecule has 1 rings (SSSR count). The third kappa shape index (κ3) is 2.08. The quantitative estimate of drug-likeness (QED) is 0.631. The van der Waals surface area contributed by atoms with Crippen molar-refractivity contribution in [1.82, 2.24) is 0 Å². The van der Waals surface area contributed by atoms with Gasteiger partial charge >= 0.3 is 11.9 Å². The number of allylic oxidation sites excluding steroid dienone is 2. The van der Waals surface area contributed by atoms with E-state index in [1.807, 2.05) is 6.92 Å². The third-order valence-electron chi connectivity index (χ3n) is 2.38. The molecule has 13 heavy (non-hydrogen) atoms. The lowest BCUT2D eigenvalue weighted by Gasteiger charge is -2.23. The molecule has 0 aromatic heterocycles. The van der Waals surface area contributed by atoms with Crippen LogP contribution in [0.4, 0.5) is 0 Å². The van der Waals surface area contributed by atoms with Crippen molar-refractivity contribution in [2.75, 3.05) is 0 Å². The summed E-state index contributed by atoms with van der Waals surface area (Å²) in [5.41, 5.74) is 0.963. The van der Waals surface area contributed by atoms with Crippen LogP contribution in [0.3, 0.4) is 0 Å². The van der Waals surface area contributed by atoms with Crippen LogP contribution in [-0.4, -0.2) is 22.2 Å². The fourth-order valence-electron chi connectivity index (χ4n) is 1.60. The van der Waals surface area contributed by atoms with Crippen molar-refractivity contribution in [1.29, 1.82) is 0 Å². The molecule has 0 saturated heterocycles. The number of carbonyl (C=O) groups is 2. The van der Waals surface area contributed by atoms with Crippen LogP contribution in [0, 0.1) is 11.8 Å². The molecular weight excluding hydrogens is 172 g/mol. The number of hydrogen-bond acceptors (Lipinski definition) is 2. The molecule has 0 aliphatic heterocycles. The maximum absolute atomic E-state index is 10.7. The van der Waals surface area contributed by atoms with E-state index in [2.05, 4.69) is 0 Å². The van der Waals surface area contributed by atoms with E-state index >= 15 is 0 Å². The summed E-state index contributed by atoms with van der Waals surface area (Å²) in [5.74, 6) is -3.56. The Labute approximate surface area is 75.9 Å². The van der Waals surface area contributed by atoms with Gasteiger partial charge in [0.15, 0.2) is 0 Å².